The van der Waals surface area contributed by atoms with Crippen molar-refractivity contribution in [3.05, 3.63) is 29.7 Å². The summed E-state index contributed by atoms with van der Waals surface area (Å²) in [6.07, 6.45) is 5.81. The molecule has 1 spiro atoms. The number of piperidine rings is 1. The second-order valence-corrected chi connectivity index (χ2v) is 9.94. The normalized spacial score (nSPS) is 23.8. The highest BCUT2D eigenvalue weighted by molar-refractivity contribution is 5.84. The van der Waals surface area contributed by atoms with Crippen LogP contribution < -0.4 is 10.2 Å². The molecule has 4 heterocycles. The number of rotatable bonds is 2. The van der Waals surface area contributed by atoms with Gasteiger partial charge in [0.2, 0.25) is 0 Å². The number of oxazole rings is 1. The average Bonchev–Trinajstić information content (AvgIpc) is 3.10. The van der Waals surface area contributed by atoms with E-state index in [4.69, 9.17) is 4.42 Å². The van der Waals surface area contributed by atoms with E-state index in [0.29, 0.717) is 39.8 Å². The van der Waals surface area contributed by atoms with Crippen molar-refractivity contribution in [1.29, 1.82) is 0 Å². The van der Waals surface area contributed by atoms with E-state index in [9.17, 15) is 5.11 Å². The van der Waals surface area contributed by atoms with Crippen LogP contribution in [0.3, 0.4) is 0 Å². The Labute approximate surface area is 175 Å². The first-order chi connectivity index (χ1) is 14.3. The largest absolute Gasteiger partial charge is 0.507 e. The number of hydrogen-bond acceptors (Lipinski definition) is 7. The lowest BCUT2D eigenvalue weighted by atomic mass is 9.83. The van der Waals surface area contributed by atoms with E-state index in [0.717, 1.165) is 25.2 Å². The number of benzene rings is 1. The Kier molecular flexibility index (Phi) is 3.59. The van der Waals surface area contributed by atoms with E-state index < -0.39 is 0 Å². The quantitative estimate of drug-likeness (QED) is 0.672. The number of aromatic nitrogens is 3. The topological polar surface area (TPSA) is 87.3 Å². The summed E-state index contributed by atoms with van der Waals surface area (Å²) in [6.45, 7) is 7.41. The number of hydrogen-bond donors (Lipinski definition) is 2. The maximum absolute atomic E-state index is 10.5. The molecule has 156 valence electrons. The summed E-state index contributed by atoms with van der Waals surface area (Å²) in [6, 6.07) is 6.01. The van der Waals surface area contributed by atoms with Crippen molar-refractivity contribution in [2.75, 3.05) is 11.4 Å². The highest BCUT2D eigenvalue weighted by Gasteiger charge is 2.52. The molecule has 7 heteroatoms. The van der Waals surface area contributed by atoms with Gasteiger partial charge in [0.15, 0.2) is 17.3 Å². The van der Waals surface area contributed by atoms with Crippen LogP contribution in [0.2, 0.25) is 0 Å². The maximum Gasteiger partial charge on any atom is 0.192 e. The minimum Gasteiger partial charge on any atom is -0.507 e. The smallest absolute Gasteiger partial charge is 0.192 e. The van der Waals surface area contributed by atoms with Gasteiger partial charge >= 0.3 is 0 Å². The molecule has 2 fully saturated rings. The van der Waals surface area contributed by atoms with Crippen LogP contribution in [0.1, 0.15) is 51.0 Å². The van der Waals surface area contributed by atoms with Gasteiger partial charge in [-0.15, -0.1) is 10.2 Å². The van der Waals surface area contributed by atoms with Gasteiger partial charge < -0.3 is 19.7 Å². The summed E-state index contributed by atoms with van der Waals surface area (Å²) in [5.41, 5.74) is 4.29. The van der Waals surface area contributed by atoms with Crippen LogP contribution in [-0.2, 0) is 6.42 Å². The molecular weight excluding hydrogens is 378 g/mol. The fourth-order valence-electron chi connectivity index (χ4n) is 5.60. The van der Waals surface area contributed by atoms with Crippen molar-refractivity contribution < 1.29 is 9.52 Å². The fourth-order valence-corrected chi connectivity index (χ4v) is 5.60. The van der Waals surface area contributed by atoms with Gasteiger partial charge in [0.1, 0.15) is 11.3 Å². The molecule has 1 saturated carbocycles. The van der Waals surface area contributed by atoms with Gasteiger partial charge in [-0.2, -0.15) is 0 Å². The molecule has 0 unspecified atom stereocenters. The molecule has 1 aliphatic carbocycles. The van der Waals surface area contributed by atoms with Gasteiger partial charge in [0.25, 0.3) is 0 Å². The Bertz CT molecular complexity index is 1160. The lowest BCUT2D eigenvalue weighted by Gasteiger charge is -2.45. The maximum atomic E-state index is 10.5. The first-order valence-electron chi connectivity index (χ1n) is 10.8. The molecule has 2 aromatic heterocycles. The van der Waals surface area contributed by atoms with Crippen LogP contribution in [0.15, 0.2) is 22.6 Å². The predicted octanol–water partition coefficient (Wildman–Crippen LogP) is 3.72. The van der Waals surface area contributed by atoms with E-state index in [1.54, 1.807) is 19.1 Å². The third-order valence-corrected chi connectivity index (χ3v) is 6.90. The third kappa shape index (κ3) is 2.87. The van der Waals surface area contributed by atoms with Crippen LogP contribution in [0, 0.1) is 6.92 Å². The number of aryl methyl sites for hydroxylation is 1. The molecule has 6 rings (SSSR count). The van der Waals surface area contributed by atoms with Crippen molar-refractivity contribution in [2.45, 2.75) is 70.0 Å². The summed E-state index contributed by atoms with van der Waals surface area (Å²) in [7, 11) is 0. The second kappa shape index (κ2) is 5.94. The van der Waals surface area contributed by atoms with Gasteiger partial charge in [-0.25, -0.2) is 4.98 Å². The molecule has 2 N–H and O–H groups in total. The lowest BCUT2D eigenvalue weighted by Crippen LogP contribution is -2.59. The van der Waals surface area contributed by atoms with Crippen LogP contribution in [0.4, 0.5) is 5.82 Å². The Balaban J connectivity index is 1.33. The summed E-state index contributed by atoms with van der Waals surface area (Å²) < 4.78 is 5.63. The number of nitrogens with zero attached hydrogens (tertiary/aromatic N) is 4. The van der Waals surface area contributed by atoms with E-state index in [1.807, 2.05) is 0 Å². The molecule has 0 amide bonds. The van der Waals surface area contributed by atoms with Gasteiger partial charge in [0, 0.05) is 47.8 Å². The number of nitrogens with one attached hydrogen (secondary N) is 1. The molecule has 7 nitrogen and oxygen atoms in total. The number of phenolic OH excluding ortho intramolecular Hbond substituents is 1. The molecule has 1 aromatic carbocycles. The van der Waals surface area contributed by atoms with Gasteiger partial charge in [0.05, 0.1) is 5.69 Å². The number of fused-ring (bicyclic) bond motifs is 2. The van der Waals surface area contributed by atoms with Crippen LogP contribution in [0.5, 0.6) is 5.75 Å². The van der Waals surface area contributed by atoms with Crippen molar-refractivity contribution in [2.24, 2.45) is 0 Å². The summed E-state index contributed by atoms with van der Waals surface area (Å²) in [4.78, 5) is 6.75. The fraction of sp³-hybridized carbons (Fsp3) is 0.522. The summed E-state index contributed by atoms with van der Waals surface area (Å²) in [5, 5.41) is 23.5. The van der Waals surface area contributed by atoms with E-state index in [2.05, 4.69) is 45.3 Å². The molecular formula is C23H27N5O2. The Morgan fingerprint density at radius 1 is 1.17 bits per heavy atom. The molecule has 2 aliphatic heterocycles. The summed E-state index contributed by atoms with van der Waals surface area (Å²) >= 11 is 0. The monoisotopic (exact) mass is 405 g/mol. The molecule has 3 aliphatic rings. The predicted molar refractivity (Wildman–Crippen MR) is 115 cm³/mol. The standard InChI is InChI=1S/C23H27N5O2/c1-13-24-18-10-19(29)16(9-20(18)30-13)17-8-14-4-7-28(21(14)26-25-17)15-11-22(2,3)27-23(12-15)5-6-23/h8-10,15,27,29H,4-7,11-12H2,1-3H3/t15-/m1/s1. The molecule has 1 atom stereocenters. The zero-order chi connectivity index (χ0) is 20.7. The molecule has 3 aromatic rings. The average molecular weight is 406 g/mol. The van der Waals surface area contributed by atoms with Crippen molar-refractivity contribution in [1.82, 2.24) is 20.5 Å². The lowest BCUT2D eigenvalue weighted by molar-refractivity contribution is 0.201. The Hall–Kier alpha value is -2.67. The van der Waals surface area contributed by atoms with E-state index in [1.165, 1.54) is 24.8 Å². The highest BCUT2D eigenvalue weighted by atomic mass is 16.3. The molecule has 0 bridgehead atoms. The molecule has 0 radical (unpaired) electrons. The van der Waals surface area contributed by atoms with Crippen molar-refractivity contribution >= 4 is 16.9 Å². The SMILES string of the molecule is Cc1nc2cc(O)c(-c3cc4c(nn3)N([C@@H]3CC(C)(C)NC5(CC5)C3)CC4)cc2o1. The van der Waals surface area contributed by atoms with Crippen LogP contribution in [0.25, 0.3) is 22.4 Å². The Morgan fingerprint density at radius 3 is 2.80 bits per heavy atom. The zero-order valence-electron chi connectivity index (χ0n) is 17.7. The van der Waals surface area contributed by atoms with E-state index in [-0.39, 0.29) is 11.3 Å². The van der Waals surface area contributed by atoms with Gasteiger partial charge in [-0.05, 0) is 58.1 Å². The number of aromatic hydroxyl groups is 1. The molecule has 1 saturated heterocycles. The van der Waals surface area contributed by atoms with Crippen LogP contribution in [-0.4, -0.2) is 44.0 Å². The van der Waals surface area contributed by atoms with Crippen LogP contribution >= 0.6 is 0 Å². The van der Waals surface area contributed by atoms with Crippen molar-refractivity contribution in [3.8, 4) is 17.0 Å². The minimum atomic E-state index is 0.145. The summed E-state index contributed by atoms with van der Waals surface area (Å²) in [5.74, 6) is 1.74. The third-order valence-electron chi connectivity index (χ3n) is 6.90. The number of phenols is 1. The Morgan fingerprint density at radius 2 is 2.00 bits per heavy atom. The first-order valence-corrected chi connectivity index (χ1v) is 10.8. The van der Waals surface area contributed by atoms with Gasteiger partial charge in [-0.1, -0.05) is 0 Å². The van der Waals surface area contributed by atoms with Gasteiger partial charge in [-0.3, -0.25) is 0 Å². The second-order valence-electron chi connectivity index (χ2n) is 9.94. The molecule has 30 heavy (non-hydrogen) atoms. The number of anilines is 1. The van der Waals surface area contributed by atoms with E-state index >= 15 is 0 Å². The zero-order valence-corrected chi connectivity index (χ0v) is 17.7. The van der Waals surface area contributed by atoms with Crippen molar-refractivity contribution in [3.63, 3.8) is 0 Å². The first kappa shape index (κ1) is 18.1. The minimum absolute atomic E-state index is 0.145. The highest BCUT2D eigenvalue weighted by Crippen LogP contribution is 2.48.